The normalized spacial score (nSPS) is 11.9. The Morgan fingerprint density at radius 1 is 0.848 bits per heavy atom. The third-order valence-corrected chi connectivity index (χ3v) is 6.35. The minimum atomic E-state index is -0.156. The Bertz CT molecular complexity index is 816. The third-order valence-electron chi connectivity index (χ3n) is 6.06. The second-order valence-corrected chi connectivity index (χ2v) is 9.45. The van der Waals surface area contributed by atoms with E-state index in [-0.39, 0.29) is 5.97 Å². The summed E-state index contributed by atoms with van der Waals surface area (Å²) in [5.74, 6) is 1.63. The number of hydrogen-bond acceptors (Lipinski definition) is 3. The number of ether oxygens (including phenoxy) is 2. The number of esters is 1. The van der Waals surface area contributed by atoms with E-state index < -0.39 is 0 Å². The van der Waals surface area contributed by atoms with E-state index in [2.05, 4.69) is 20.8 Å². The zero-order valence-electron chi connectivity index (χ0n) is 20.7. The van der Waals surface area contributed by atoms with E-state index in [0.717, 1.165) is 30.4 Å². The van der Waals surface area contributed by atoms with Gasteiger partial charge in [0, 0.05) is 6.42 Å². The average molecular weight is 473 g/mol. The zero-order chi connectivity index (χ0) is 23.9. The van der Waals surface area contributed by atoms with Crippen LogP contribution in [0.5, 0.6) is 11.5 Å². The fourth-order valence-corrected chi connectivity index (χ4v) is 3.86. The summed E-state index contributed by atoms with van der Waals surface area (Å²) in [7, 11) is 0. The van der Waals surface area contributed by atoms with E-state index >= 15 is 0 Å². The molecule has 0 unspecified atom stereocenters. The molecule has 0 spiro atoms. The van der Waals surface area contributed by atoms with Gasteiger partial charge in [0.15, 0.2) is 0 Å². The number of rotatable bonds is 16. The first-order valence-corrected chi connectivity index (χ1v) is 13.1. The van der Waals surface area contributed by atoms with Crippen LogP contribution in [0, 0.1) is 5.92 Å². The van der Waals surface area contributed by atoms with Crippen LogP contribution in [0.4, 0.5) is 0 Å². The molecule has 0 heterocycles. The van der Waals surface area contributed by atoms with Crippen molar-refractivity contribution in [1.82, 2.24) is 0 Å². The Morgan fingerprint density at radius 3 is 2.06 bits per heavy atom. The van der Waals surface area contributed by atoms with Crippen molar-refractivity contribution in [2.45, 2.75) is 91.4 Å². The van der Waals surface area contributed by atoms with Crippen molar-refractivity contribution in [3.05, 3.63) is 47.5 Å². The monoisotopic (exact) mass is 472 g/mol. The lowest BCUT2D eigenvalue weighted by atomic mass is 10.1. The van der Waals surface area contributed by atoms with Crippen molar-refractivity contribution in [3.8, 4) is 22.6 Å². The van der Waals surface area contributed by atoms with Crippen LogP contribution in [0.1, 0.15) is 91.4 Å². The van der Waals surface area contributed by atoms with E-state index in [9.17, 15) is 4.79 Å². The standard InChI is InChI=1S/C29H41ClO3/c1-4-6-7-8-9-10-11-12-13-14-29(31)33-26-18-15-24(16-19-26)25-17-20-28(27(30)21-25)32-22-23(3)5-2/h15-21,23H,4-14,22H2,1-3H3/t23-/m0/s1. The second kappa shape index (κ2) is 15.8. The summed E-state index contributed by atoms with van der Waals surface area (Å²) < 4.78 is 11.3. The molecule has 0 fully saturated rings. The largest absolute Gasteiger partial charge is 0.492 e. The summed E-state index contributed by atoms with van der Waals surface area (Å²) >= 11 is 6.42. The molecule has 0 aromatic heterocycles. The lowest BCUT2D eigenvalue weighted by Crippen LogP contribution is -2.07. The summed E-state index contributed by atoms with van der Waals surface area (Å²) in [6.07, 6.45) is 12.7. The van der Waals surface area contributed by atoms with Gasteiger partial charge in [0.2, 0.25) is 0 Å². The molecule has 1 atom stereocenters. The van der Waals surface area contributed by atoms with Gasteiger partial charge in [-0.05, 0) is 47.7 Å². The number of unbranched alkanes of at least 4 members (excludes halogenated alkanes) is 8. The molecule has 0 radical (unpaired) electrons. The molecule has 33 heavy (non-hydrogen) atoms. The highest BCUT2D eigenvalue weighted by atomic mass is 35.5. The van der Waals surface area contributed by atoms with Crippen LogP contribution in [-0.2, 0) is 4.79 Å². The lowest BCUT2D eigenvalue weighted by molar-refractivity contribution is -0.134. The van der Waals surface area contributed by atoms with Crippen LogP contribution in [0.3, 0.4) is 0 Å². The van der Waals surface area contributed by atoms with Gasteiger partial charge < -0.3 is 9.47 Å². The smallest absolute Gasteiger partial charge is 0.311 e. The molecule has 3 nitrogen and oxygen atoms in total. The maximum absolute atomic E-state index is 12.1. The maximum atomic E-state index is 12.1. The second-order valence-electron chi connectivity index (χ2n) is 9.05. The van der Waals surface area contributed by atoms with E-state index in [1.807, 2.05) is 42.5 Å². The van der Waals surface area contributed by atoms with Gasteiger partial charge >= 0.3 is 5.97 Å². The Kier molecular flexibility index (Phi) is 13.0. The van der Waals surface area contributed by atoms with Gasteiger partial charge in [-0.15, -0.1) is 0 Å². The quantitative estimate of drug-likeness (QED) is 0.139. The molecule has 0 bridgehead atoms. The van der Waals surface area contributed by atoms with Crippen molar-refractivity contribution in [1.29, 1.82) is 0 Å². The highest BCUT2D eigenvalue weighted by Gasteiger charge is 2.09. The molecule has 0 aliphatic rings. The first-order chi connectivity index (χ1) is 16.0. The first-order valence-electron chi connectivity index (χ1n) is 12.8. The highest BCUT2D eigenvalue weighted by Crippen LogP contribution is 2.31. The summed E-state index contributed by atoms with van der Waals surface area (Å²) in [4.78, 5) is 12.1. The van der Waals surface area contributed by atoms with E-state index in [1.165, 1.54) is 44.9 Å². The molecule has 2 aromatic rings. The van der Waals surface area contributed by atoms with Crippen LogP contribution < -0.4 is 9.47 Å². The average Bonchev–Trinajstić information content (AvgIpc) is 2.82. The Balaban J connectivity index is 1.73. The number of benzene rings is 2. The summed E-state index contributed by atoms with van der Waals surface area (Å²) in [5, 5.41) is 0.604. The molecule has 0 amide bonds. The van der Waals surface area contributed by atoms with Gasteiger partial charge in [0.1, 0.15) is 11.5 Å². The van der Waals surface area contributed by atoms with Crippen molar-refractivity contribution in [2.24, 2.45) is 5.92 Å². The fraction of sp³-hybridized carbons (Fsp3) is 0.552. The number of carbonyl (C=O) groups excluding carboxylic acids is 1. The van der Waals surface area contributed by atoms with Crippen molar-refractivity contribution in [3.63, 3.8) is 0 Å². The molecule has 2 aromatic carbocycles. The number of carbonyl (C=O) groups is 1. The molecular formula is C29H41ClO3. The van der Waals surface area contributed by atoms with Gasteiger partial charge in [0.25, 0.3) is 0 Å². The molecule has 0 aliphatic carbocycles. The van der Waals surface area contributed by atoms with Gasteiger partial charge in [-0.2, -0.15) is 0 Å². The Labute approximate surface area is 205 Å². The molecule has 2 rings (SSSR count). The molecule has 0 aliphatic heterocycles. The molecule has 0 saturated heterocycles. The summed E-state index contributed by atoms with van der Waals surface area (Å²) in [6.45, 7) is 7.21. The molecule has 182 valence electrons. The van der Waals surface area contributed by atoms with Gasteiger partial charge in [-0.1, -0.05) is 108 Å². The molecular weight excluding hydrogens is 432 g/mol. The number of halogens is 1. The Hall–Kier alpha value is -2.00. The molecule has 0 N–H and O–H groups in total. The van der Waals surface area contributed by atoms with Crippen LogP contribution >= 0.6 is 11.6 Å². The van der Waals surface area contributed by atoms with Crippen LogP contribution in [0.25, 0.3) is 11.1 Å². The minimum Gasteiger partial charge on any atom is -0.492 e. The van der Waals surface area contributed by atoms with Crippen molar-refractivity contribution < 1.29 is 14.3 Å². The Morgan fingerprint density at radius 2 is 1.45 bits per heavy atom. The van der Waals surface area contributed by atoms with E-state index in [0.29, 0.717) is 35.5 Å². The fourth-order valence-electron chi connectivity index (χ4n) is 3.63. The highest BCUT2D eigenvalue weighted by molar-refractivity contribution is 6.32. The van der Waals surface area contributed by atoms with Gasteiger partial charge in [-0.3, -0.25) is 4.79 Å². The van der Waals surface area contributed by atoms with E-state index in [4.69, 9.17) is 21.1 Å². The predicted octanol–water partition coefficient (Wildman–Crippen LogP) is 9.26. The minimum absolute atomic E-state index is 0.156. The zero-order valence-corrected chi connectivity index (χ0v) is 21.5. The maximum Gasteiger partial charge on any atom is 0.311 e. The summed E-state index contributed by atoms with van der Waals surface area (Å²) in [5.41, 5.74) is 2.02. The lowest BCUT2D eigenvalue weighted by Gasteiger charge is -2.13. The SMILES string of the molecule is CCCCCCCCCCCC(=O)Oc1ccc(-c2ccc(OC[C@@H](C)CC)c(Cl)c2)cc1. The van der Waals surface area contributed by atoms with Crippen molar-refractivity contribution in [2.75, 3.05) is 6.61 Å². The number of hydrogen-bond donors (Lipinski definition) is 0. The van der Waals surface area contributed by atoms with E-state index in [1.54, 1.807) is 0 Å². The predicted molar refractivity (Wildman–Crippen MR) is 139 cm³/mol. The van der Waals surface area contributed by atoms with Gasteiger partial charge in [0.05, 0.1) is 11.6 Å². The van der Waals surface area contributed by atoms with Crippen LogP contribution in [0.15, 0.2) is 42.5 Å². The summed E-state index contributed by atoms with van der Waals surface area (Å²) in [6, 6.07) is 13.4. The topological polar surface area (TPSA) is 35.5 Å². The molecule has 0 saturated carbocycles. The third kappa shape index (κ3) is 10.6. The van der Waals surface area contributed by atoms with Crippen LogP contribution in [-0.4, -0.2) is 12.6 Å². The molecule has 4 heteroatoms. The van der Waals surface area contributed by atoms with Gasteiger partial charge in [-0.25, -0.2) is 0 Å². The van der Waals surface area contributed by atoms with Crippen molar-refractivity contribution >= 4 is 17.6 Å². The van der Waals surface area contributed by atoms with Crippen LogP contribution in [0.2, 0.25) is 5.02 Å². The first kappa shape index (κ1) is 27.2.